The number of carbonyl (C=O) groups is 1. The van der Waals surface area contributed by atoms with Crippen LogP contribution in [-0.4, -0.2) is 13.1 Å². The van der Waals surface area contributed by atoms with Gasteiger partial charge in [-0.05, 0) is 53.9 Å². The number of halogens is 1. The van der Waals surface area contributed by atoms with Gasteiger partial charge in [0.05, 0.1) is 18.4 Å². The maximum atomic E-state index is 13.6. The van der Waals surface area contributed by atoms with E-state index in [2.05, 4.69) is 0 Å². The van der Waals surface area contributed by atoms with E-state index in [1.165, 1.54) is 7.11 Å². The Morgan fingerprint density at radius 2 is 1.76 bits per heavy atom. The quantitative estimate of drug-likeness (QED) is 0.299. The molecule has 6 heteroatoms. The lowest BCUT2D eigenvalue weighted by Gasteiger charge is -2.15. The number of fused-ring (bicyclic) bond motifs is 1. The Kier molecular flexibility index (Phi) is 6.80. The molecule has 0 spiro atoms. The molecule has 0 aliphatic rings. The number of ether oxygens (including phenoxy) is 2. The minimum Gasteiger partial charge on any atom is -0.481 e. The van der Waals surface area contributed by atoms with E-state index >= 15 is 0 Å². The number of hydrogen-bond donors (Lipinski definition) is 0. The molecule has 4 rings (SSSR count). The molecule has 0 fully saturated rings. The van der Waals surface area contributed by atoms with Crippen molar-refractivity contribution in [3.63, 3.8) is 0 Å². The number of carbonyl (C=O) groups excluding carboxylic acids is 1. The lowest BCUT2D eigenvalue weighted by Crippen LogP contribution is -2.15. The van der Waals surface area contributed by atoms with E-state index in [1.54, 1.807) is 42.5 Å². The third kappa shape index (κ3) is 4.78. The minimum atomic E-state index is -0.469. The monoisotopic (exact) mass is 462 g/mol. The highest BCUT2D eigenvalue weighted by Gasteiger charge is 2.23. The average molecular weight is 463 g/mol. The molecular formula is C27H23ClO5. The molecule has 3 aromatic carbocycles. The molecule has 1 aromatic heterocycles. The highest BCUT2D eigenvalue weighted by Crippen LogP contribution is 2.33. The molecule has 5 nitrogen and oxygen atoms in total. The first-order valence-corrected chi connectivity index (χ1v) is 11.0. The van der Waals surface area contributed by atoms with Crippen LogP contribution in [0.15, 0.2) is 82.0 Å². The summed E-state index contributed by atoms with van der Waals surface area (Å²) >= 11 is 6.04. The van der Waals surface area contributed by atoms with Crippen LogP contribution in [0.1, 0.15) is 30.4 Å². The largest absolute Gasteiger partial charge is 0.481 e. The fourth-order valence-corrected chi connectivity index (χ4v) is 3.87. The van der Waals surface area contributed by atoms with Crippen LogP contribution in [0.4, 0.5) is 0 Å². The highest BCUT2D eigenvalue weighted by atomic mass is 35.5. The Morgan fingerprint density at radius 3 is 2.42 bits per heavy atom. The zero-order valence-electron chi connectivity index (χ0n) is 18.3. The molecule has 1 heterocycles. The van der Waals surface area contributed by atoms with Gasteiger partial charge in [0.1, 0.15) is 12.2 Å². The zero-order valence-corrected chi connectivity index (χ0v) is 19.1. The van der Waals surface area contributed by atoms with Crippen molar-refractivity contribution in [3.8, 4) is 17.1 Å². The summed E-state index contributed by atoms with van der Waals surface area (Å²) in [5.41, 5.74) is 2.38. The van der Waals surface area contributed by atoms with Gasteiger partial charge in [0.2, 0.25) is 11.2 Å². The van der Waals surface area contributed by atoms with Gasteiger partial charge in [0, 0.05) is 10.6 Å². The van der Waals surface area contributed by atoms with E-state index in [0.717, 1.165) is 5.56 Å². The number of rotatable bonds is 7. The second kappa shape index (κ2) is 9.92. The van der Waals surface area contributed by atoms with Crippen molar-refractivity contribution in [2.24, 2.45) is 0 Å². The maximum absolute atomic E-state index is 13.6. The lowest BCUT2D eigenvalue weighted by molar-refractivity contribution is -0.142. The molecule has 1 unspecified atom stereocenters. The van der Waals surface area contributed by atoms with Crippen LogP contribution >= 0.6 is 11.6 Å². The first kappa shape index (κ1) is 22.6. The molecule has 0 saturated heterocycles. The topological polar surface area (TPSA) is 65.7 Å². The smallest absolute Gasteiger partial charge is 0.313 e. The Bertz CT molecular complexity index is 1330. The van der Waals surface area contributed by atoms with E-state index in [0.29, 0.717) is 39.3 Å². The van der Waals surface area contributed by atoms with Crippen LogP contribution in [-0.2, 0) is 16.1 Å². The third-order valence-corrected chi connectivity index (χ3v) is 5.75. The summed E-state index contributed by atoms with van der Waals surface area (Å²) in [4.78, 5) is 25.8. The Labute approximate surface area is 196 Å². The highest BCUT2D eigenvalue weighted by molar-refractivity contribution is 6.30. The Hall–Kier alpha value is -3.57. The molecule has 0 aliphatic heterocycles. The second-order valence-corrected chi connectivity index (χ2v) is 8.05. The van der Waals surface area contributed by atoms with Crippen molar-refractivity contribution in [2.75, 3.05) is 7.11 Å². The van der Waals surface area contributed by atoms with E-state index in [-0.39, 0.29) is 23.8 Å². The van der Waals surface area contributed by atoms with Gasteiger partial charge in [0.15, 0.2) is 5.76 Å². The molecule has 1 atom stereocenters. The summed E-state index contributed by atoms with van der Waals surface area (Å²) in [6.45, 7) is 2.10. The van der Waals surface area contributed by atoms with E-state index < -0.39 is 5.92 Å². The molecule has 168 valence electrons. The number of esters is 1. The molecule has 0 aliphatic carbocycles. The van der Waals surface area contributed by atoms with Crippen molar-refractivity contribution in [3.05, 3.63) is 99.2 Å². The van der Waals surface area contributed by atoms with E-state index in [4.69, 9.17) is 25.5 Å². The van der Waals surface area contributed by atoms with Crippen LogP contribution < -0.4 is 10.2 Å². The predicted molar refractivity (Wildman–Crippen MR) is 129 cm³/mol. The van der Waals surface area contributed by atoms with E-state index in [9.17, 15) is 9.59 Å². The molecule has 0 amide bonds. The van der Waals surface area contributed by atoms with Crippen molar-refractivity contribution in [1.82, 2.24) is 0 Å². The summed E-state index contributed by atoms with van der Waals surface area (Å²) in [5, 5.41) is 0.919. The Morgan fingerprint density at radius 1 is 1.03 bits per heavy atom. The van der Waals surface area contributed by atoms with Gasteiger partial charge >= 0.3 is 5.97 Å². The van der Waals surface area contributed by atoms with Crippen molar-refractivity contribution in [2.45, 2.75) is 25.9 Å². The van der Waals surface area contributed by atoms with Gasteiger partial charge in [0.25, 0.3) is 0 Å². The van der Waals surface area contributed by atoms with Gasteiger partial charge in [-0.1, -0.05) is 54.9 Å². The van der Waals surface area contributed by atoms with Gasteiger partial charge in [-0.25, -0.2) is 0 Å². The second-order valence-electron chi connectivity index (χ2n) is 7.61. The van der Waals surface area contributed by atoms with Crippen LogP contribution in [0.3, 0.4) is 0 Å². The molecule has 0 N–H and O–H groups in total. The minimum absolute atomic E-state index is 0.108. The summed E-state index contributed by atoms with van der Waals surface area (Å²) < 4.78 is 17.1. The first-order valence-electron chi connectivity index (χ1n) is 10.6. The van der Waals surface area contributed by atoms with Crippen molar-refractivity contribution >= 4 is 28.5 Å². The summed E-state index contributed by atoms with van der Waals surface area (Å²) in [6.07, 6.45) is 0.545. The van der Waals surface area contributed by atoms with Gasteiger partial charge in [-0.15, -0.1) is 0 Å². The van der Waals surface area contributed by atoms with Gasteiger partial charge in [-0.3, -0.25) is 9.59 Å². The molecule has 0 radical (unpaired) electrons. The predicted octanol–water partition coefficient (Wildman–Crippen LogP) is 6.36. The number of methoxy groups -OCH3 is 1. The standard InChI is InChI=1S/C27H23ClO5/c1-3-21(27(30)31-2)19-11-14-23-22(15-19)24(29)26(32-16-17-7-5-4-6-8-17)25(33-23)18-9-12-20(28)13-10-18/h4-15,21H,3,16H2,1-2H3. The first-order chi connectivity index (χ1) is 16.0. The van der Waals surface area contributed by atoms with Crippen LogP contribution in [0, 0.1) is 0 Å². The van der Waals surface area contributed by atoms with Crippen molar-refractivity contribution < 1.29 is 18.7 Å². The summed E-state index contributed by atoms with van der Waals surface area (Å²) in [5.74, 6) is -0.382. The fourth-order valence-electron chi connectivity index (χ4n) is 3.75. The van der Waals surface area contributed by atoms with Crippen molar-refractivity contribution in [1.29, 1.82) is 0 Å². The third-order valence-electron chi connectivity index (χ3n) is 5.50. The lowest BCUT2D eigenvalue weighted by atomic mass is 9.95. The average Bonchev–Trinajstić information content (AvgIpc) is 2.85. The number of hydrogen-bond acceptors (Lipinski definition) is 5. The molecule has 33 heavy (non-hydrogen) atoms. The maximum Gasteiger partial charge on any atom is 0.313 e. The zero-order chi connectivity index (χ0) is 23.4. The van der Waals surface area contributed by atoms with Gasteiger partial charge < -0.3 is 13.9 Å². The van der Waals surface area contributed by atoms with Crippen LogP contribution in [0.25, 0.3) is 22.3 Å². The van der Waals surface area contributed by atoms with Crippen LogP contribution in [0.2, 0.25) is 5.02 Å². The summed E-state index contributed by atoms with van der Waals surface area (Å²) in [7, 11) is 1.36. The van der Waals surface area contributed by atoms with Gasteiger partial charge in [-0.2, -0.15) is 0 Å². The number of benzene rings is 3. The molecule has 4 aromatic rings. The molecular weight excluding hydrogens is 440 g/mol. The normalized spacial score (nSPS) is 11.8. The summed E-state index contributed by atoms with van der Waals surface area (Å²) in [6, 6.07) is 21.8. The fraction of sp³-hybridized carbons (Fsp3) is 0.185. The SMILES string of the molecule is CCC(C(=O)OC)c1ccc2oc(-c3ccc(Cl)cc3)c(OCc3ccccc3)c(=O)c2c1. The molecule has 0 saturated carbocycles. The molecule has 0 bridgehead atoms. The van der Waals surface area contributed by atoms with Crippen LogP contribution in [0.5, 0.6) is 5.75 Å². The Balaban J connectivity index is 1.86. The van der Waals surface area contributed by atoms with E-state index in [1.807, 2.05) is 37.3 Å².